The van der Waals surface area contributed by atoms with Crippen molar-refractivity contribution in [2.24, 2.45) is 9.98 Å². The number of aryl methyl sites for hydroxylation is 2. The highest BCUT2D eigenvalue weighted by Gasteiger charge is 2.31. The maximum absolute atomic E-state index is 13.3. The van der Waals surface area contributed by atoms with E-state index in [0.717, 1.165) is 0 Å². The number of phenolic OH excluding ortho intramolecular Hbond substituents is 8. The van der Waals surface area contributed by atoms with Crippen LogP contribution in [-0.2, 0) is 31.9 Å². The highest BCUT2D eigenvalue weighted by molar-refractivity contribution is 6.15. The quantitative estimate of drug-likeness (QED) is 0.0273. The summed E-state index contributed by atoms with van der Waals surface area (Å²) in [4.78, 5) is 35.6. The molecule has 0 aromatic heterocycles. The molecule has 0 saturated carbocycles. The summed E-state index contributed by atoms with van der Waals surface area (Å²) in [6.45, 7) is 14.1. The predicted octanol–water partition coefficient (Wildman–Crippen LogP) is 9.36. The number of aliphatic imine (C=N–C) groups is 2. The highest BCUT2D eigenvalue weighted by atomic mass is 16.5. The topological polar surface area (TPSA) is 239 Å². The Hall–Kier alpha value is -7.48. The maximum atomic E-state index is 13.3. The van der Waals surface area contributed by atoms with Crippen molar-refractivity contribution in [1.29, 1.82) is 0 Å². The third-order valence-electron chi connectivity index (χ3n) is 11.6. The molecule has 14 nitrogen and oxygen atoms in total. The van der Waals surface area contributed by atoms with E-state index in [1.165, 1.54) is 36.7 Å². The van der Waals surface area contributed by atoms with E-state index < -0.39 is 58.5 Å². The van der Waals surface area contributed by atoms with Crippen molar-refractivity contribution >= 4 is 45.9 Å². The van der Waals surface area contributed by atoms with Crippen LogP contribution in [0.15, 0.2) is 70.6 Å². The van der Waals surface area contributed by atoms with Gasteiger partial charge in [0.25, 0.3) is 0 Å². The van der Waals surface area contributed by atoms with E-state index >= 15 is 0 Å². The lowest BCUT2D eigenvalue weighted by Crippen LogP contribution is -2.24. The Balaban J connectivity index is 1.64. The zero-order valence-corrected chi connectivity index (χ0v) is 38.2. The Morgan fingerprint density at radius 2 is 0.864 bits per heavy atom. The number of fused-ring (bicyclic) bond motifs is 2. The molecule has 0 aliphatic rings. The number of rotatable bonds is 15. The largest absolute Gasteiger partial charge is 0.508 e. The first kappa shape index (κ1) is 48.0. The minimum atomic E-state index is -1.14. The summed E-state index contributed by atoms with van der Waals surface area (Å²) in [6, 6.07) is 13.5. The molecule has 6 rings (SSSR count). The van der Waals surface area contributed by atoms with Gasteiger partial charge in [-0.15, -0.1) is 0 Å². The van der Waals surface area contributed by atoms with Gasteiger partial charge in [0.1, 0.15) is 23.0 Å². The molecule has 0 fully saturated rings. The average Bonchev–Trinajstić information content (AvgIpc) is 3.25. The van der Waals surface area contributed by atoms with Gasteiger partial charge in [0.05, 0.1) is 13.2 Å². The van der Waals surface area contributed by atoms with Gasteiger partial charge < -0.3 is 50.3 Å². The summed E-state index contributed by atoms with van der Waals surface area (Å²) < 4.78 is 10.7. The third kappa shape index (κ3) is 9.35. The molecule has 6 aromatic rings. The maximum Gasteiger partial charge on any atom is 0.331 e. The molecule has 0 saturated heterocycles. The fourth-order valence-corrected chi connectivity index (χ4v) is 8.53. The molecule has 0 amide bonds. The number of benzene rings is 6. The molecule has 0 aliphatic heterocycles. The Kier molecular flexibility index (Phi) is 14.3. The summed E-state index contributed by atoms with van der Waals surface area (Å²) in [6.07, 6.45) is 2.49. The summed E-state index contributed by atoms with van der Waals surface area (Å²) in [7, 11) is 0. The Labute approximate surface area is 382 Å². The minimum absolute atomic E-state index is 0.0329. The van der Waals surface area contributed by atoms with Crippen molar-refractivity contribution < 1.29 is 59.9 Å². The molecule has 6 aromatic carbocycles. The number of hydrogen-bond acceptors (Lipinski definition) is 14. The molecule has 0 aliphatic carbocycles. The van der Waals surface area contributed by atoms with Gasteiger partial charge in [-0.2, -0.15) is 0 Å². The van der Waals surface area contributed by atoms with Crippen LogP contribution in [-0.4, -0.2) is 90.5 Å². The van der Waals surface area contributed by atoms with Crippen molar-refractivity contribution in [3.8, 4) is 57.1 Å². The second-order valence-electron chi connectivity index (χ2n) is 16.9. The fraction of sp³-hybridized carbons (Fsp3) is 0.308. The summed E-state index contributed by atoms with van der Waals surface area (Å²) in [5, 5.41) is 92.1. The van der Waals surface area contributed by atoms with E-state index in [1.54, 1.807) is 64.1 Å². The van der Waals surface area contributed by atoms with Crippen molar-refractivity contribution in [2.45, 2.75) is 92.2 Å². The number of carbonyl (C=O) groups excluding carboxylic acids is 2. The molecule has 0 unspecified atom stereocenters. The number of hydrogen-bond donors (Lipinski definition) is 8. The molecule has 66 heavy (non-hydrogen) atoms. The average molecular weight is 901 g/mol. The predicted molar refractivity (Wildman–Crippen MR) is 254 cm³/mol. The van der Waals surface area contributed by atoms with Gasteiger partial charge in [-0.05, 0) is 96.8 Å². The number of aromatic hydroxyl groups is 8. The number of nitrogens with zero attached hydrogens (tertiary/aromatic N) is 2. The zero-order chi connectivity index (χ0) is 48.3. The normalized spacial score (nSPS) is 12.8. The van der Waals surface area contributed by atoms with Gasteiger partial charge in [-0.3, -0.25) is 9.98 Å². The van der Waals surface area contributed by atoms with E-state index in [9.17, 15) is 50.4 Å². The zero-order valence-electron chi connectivity index (χ0n) is 38.2. The van der Waals surface area contributed by atoms with Crippen molar-refractivity contribution in [2.75, 3.05) is 13.2 Å². The smallest absolute Gasteiger partial charge is 0.331 e. The van der Waals surface area contributed by atoms with Crippen LogP contribution in [0.25, 0.3) is 32.7 Å². The first-order chi connectivity index (χ1) is 31.3. The van der Waals surface area contributed by atoms with Gasteiger partial charge in [0, 0.05) is 69.4 Å². The summed E-state index contributed by atoms with van der Waals surface area (Å²) in [5.41, 5.74) is 2.83. The number of phenols is 8. The van der Waals surface area contributed by atoms with Crippen LogP contribution in [0.5, 0.6) is 46.0 Å². The van der Waals surface area contributed by atoms with Gasteiger partial charge in [0.2, 0.25) is 0 Å². The molecule has 8 N–H and O–H groups in total. The third-order valence-corrected chi connectivity index (χ3v) is 11.6. The number of carbonyl (C=O) groups is 2. The van der Waals surface area contributed by atoms with Gasteiger partial charge in [-0.25, -0.2) is 9.59 Å². The molecule has 346 valence electrons. The van der Waals surface area contributed by atoms with E-state index in [2.05, 4.69) is 9.98 Å². The molecule has 0 heterocycles. The van der Waals surface area contributed by atoms with E-state index in [1.807, 2.05) is 27.7 Å². The Morgan fingerprint density at radius 3 is 1.17 bits per heavy atom. The summed E-state index contributed by atoms with van der Waals surface area (Å²) >= 11 is 0. The second-order valence-corrected chi connectivity index (χ2v) is 16.9. The van der Waals surface area contributed by atoms with E-state index in [-0.39, 0.29) is 82.4 Å². The van der Waals surface area contributed by atoms with Crippen LogP contribution in [0, 0.1) is 13.8 Å². The van der Waals surface area contributed by atoms with Crippen molar-refractivity contribution in [1.82, 2.24) is 0 Å². The lowest BCUT2D eigenvalue weighted by Gasteiger charge is -2.23. The highest BCUT2D eigenvalue weighted by Crippen LogP contribution is 2.54. The monoisotopic (exact) mass is 900 g/mol. The van der Waals surface area contributed by atoms with Crippen LogP contribution in [0.4, 0.5) is 0 Å². The molecule has 14 heteroatoms. The standard InChI is InChI=1S/C52H56N2O12/c1-9-65-51(63)37(21-29-11-15-31(55)16-12-29)53-23-35-43-33(39(25(3)4)49(61)45(35)57)19-27(7)41(47(43)59)42-28(8)20-34-40(26(5)6)50(62)46(58)36(44(34)48(42)60)24-54-38(52(64)66-10-2)22-30-13-17-32(56)18-14-30/h11-20,23-26,37-38,55-62H,9-10,21-22H2,1-8H3/t37-,38+. The van der Waals surface area contributed by atoms with Crippen molar-refractivity contribution in [3.05, 3.63) is 105 Å². The van der Waals surface area contributed by atoms with Gasteiger partial charge in [0.15, 0.2) is 35.1 Å². The Morgan fingerprint density at radius 1 is 0.530 bits per heavy atom. The summed E-state index contributed by atoms with van der Waals surface area (Å²) in [5.74, 6) is -4.97. The number of esters is 2. The van der Waals surface area contributed by atoms with E-state index in [4.69, 9.17) is 9.47 Å². The van der Waals surface area contributed by atoms with Gasteiger partial charge >= 0.3 is 11.9 Å². The fourth-order valence-electron chi connectivity index (χ4n) is 8.53. The molecular weight excluding hydrogens is 845 g/mol. The number of ether oxygens (including phenoxy) is 2. The first-order valence-corrected chi connectivity index (χ1v) is 21.7. The van der Waals surface area contributed by atoms with Gasteiger partial charge in [-0.1, -0.05) is 64.1 Å². The van der Waals surface area contributed by atoms with Crippen molar-refractivity contribution in [3.63, 3.8) is 0 Å². The molecule has 0 radical (unpaired) electrons. The van der Waals surface area contributed by atoms with Crippen LogP contribution in [0.1, 0.15) is 97.9 Å². The van der Waals surface area contributed by atoms with E-state index in [0.29, 0.717) is 44.2 Å². The first-order valence-electron chi connectivity index (χ1n) is 21.7. The molecule has 2 atom stereocenters. The lowest BCUT2D eigenvalue weighted by atomic mass is 9.83. The minimum Gasteiger partial charge on any atom is -0.508 e. The van der Waals surface area contributed by atoms with Crippen LogP contribution < -0.4 is 0 Å². The molecular formula is C52H56N2O12. The van der Waals surface area contributed by atoms with Crippen LogP contribution in [0.3, 0.4) is 0 Å². The second kappa shape index (κ2) is 19.7. The lowest BCUT2D eigenvalue weighted by molar-refractivity contribution is -0.145. The SMILES string of the molecule is CCOC(=O)[C@H](Cc1ccc(O)cc1)N=Cc1c(O)c(O)c(C(C)C)c2cc(C)c(-c3c(C)cc4c(C(C)C)c(O)c(O)c(C=N[C@H](Cc5ccc(O)cc5)C(=O)OCC)c4c3O)c(O)c12. The molecule has 0 spiro atoms. The molecule has 0 bridgehead atoms. The van der Waals surface area contributed by atoms with Crippen LogP contribution in [0.2, 0.25) is 0 Å². The Bertz CT molecular complexity index is 2690. The van der Waals surface area contributed by atoms with Crippen LogP contribution >= 0.6 is 0 Å².